The number of nitrogens with zero attached hydrogens (tertiary/aromatic N) is 3. The van der Waals surface area contributed by atoms with Crippen molar-refractivity contribution in [1.29, 1.82) is 0 Å². The van der Waals surface area contributed by atoms with Crippen LogP contribution in [0.25, 0.3) is 21.0 Å². The van der Waals surface area contributed by atoms with Gasteiger partial charge in [0, 0.05) is 5.56 Å². The summed E-state index contributed by atoms with van der Waals surface area (Å²) in [6, 6.07) is 7.47. The van der Waals surface area contributed by atoms with Gasteiger partial charge in [0.2, 0.25) is 5.89 Å². The fourth-order valence-electron chi connectivity index (χ4n) is 6.10. The number of ether oxygens (including phenoxy) is 3. The molecule has 0 amide bonds. The van der Waals surface area contributed by atoms with E-state index in [0.29, 0.717) is 26.9 Å². The largest absolute Gasteiger partial charge is 0.496 e. The van der Waals surface area contributed by atoms with Gasteiger partial charge in [0.1, 0.15) is 28.5 Å². The Hall–Kier alpha value is -3.74. The Kier molecular flexibility index (Phi) is 7.32. The van der Waals surface area contributed by atoms with E-state index in [4.69, 9.17) is 18.6 Å². The highest BCUT2D eigenvalue weighted by atomic mass is 32.1. The van der Waals surface area contributed by atoms with Crippen LogP contribution in [0.4, 0.5) is 0 Å². The van der Waals surface area contributed by atoms with Gasteiger partial charge >= 0.3 is 11.7 Å². The van der Waals surface area contributed by atoms with E-state index in [9.17, 15) is 19.5 Å². The summed E-state index contributed by atoms with van der Waals surface area (Å²) in [5, 5.41) is 10.3. The first-order valence-corrected chi connectivity index (χ1v) is 14.8. The van der Waals surface area contributed by atoms with Gasteiger partial charge in [-0.1, -0.05) is 18.2 Å². The molecule has 42 heavy (non-hydrogen) atoms. The molecule has 5 heterocycles. The summed E-state index contributed by atoms with van der Waals surface area (Å²) in [5.74, 6) is -0.390. The highest BCUT2D eigenvalue weighted by Gasteiger charge is 2.39. The highest BCUT2D eigenvalue weighted by Crippen LogP contribution is 2.40. The zero-order chi connectivity index (χ0) is 29.8. The van der Waals surface area contributed by atoms with Crippen LogP contribution in [0.5, 0.6) is 5.75 Å². The van der Waals surface area contributed by atoms with Crippen LogP contribution in [-0.4, -0.2) is 50.6 Å². The van der Waals surface area contributed by atoms with Gasteiger partial charge in [-0.3, -0.25) is 9.36 Å². The zero-order valence-electron chi connectivity index (χ0n) is 23.9. The Morgan fingerprint density at radius 3 is 2.57 bits per heavy atom. The van der Waals surface area contributed by atoms with Crippen LogP contribution < -0.4 is 16.0 Å². The lowest BCUT2D eigenvalue weighted by Gasteiger charge is -2.32. The van der Waals surface area contributed by atoms with Crippen molar-refractivity contribution < 1.29 is 28.5 Å². The molecule has 1 N–H and O–H groups in total. The first-order chi connectivity index (χ1) is 20.1. The minimum Gasteiger partial charge on any atom is -0.496 e. The zero-order valence-corrected chi connectivity index (χ0v) is 24.7. The van der Waals surface area contributed by atoms with Gasteiger partial charge in [0.25, 0.3) is 5.56 Å². The predicted molar refractivity (Wildman–Crippen MR) is 155 cm³/mol. The number of thiophene rings is 1. The summed E-state index contributed by atoms with van der Waals surface area (Å²) in [4.78, 5) is 45.7. The second-order valence-electron chi connectivity index (χ2n) is 11.4. The van der Waals surface area contributed by atoms with Crippen LogP contribution in [0, 0.1) is 6.92 Å². The number of methoxy groups -OCH3 is 1. The Morgan fingerprint density at radius 2 is 1.93 bits per heavy atom. The van der Waals surface area contributed by atoms with E-state index in [2.05, 4.69) is 4.98 Å². The molecule has 3 aromatic heterocycles. The molecule has 4 atom stereocenters. The Labute approximate surface area is 245 Å². The summed E-state index contributed by atoms with van der Waals surface area (Å²) in [6.45, 7) is 4.45. The Balaban J connectivity index is 1.55. The molecule has 1 aromatic carbocycles. The summed E-state index contributed by atoms with van der Waals surface area (Å²) in [7, 11) is 1.58. The van der Waals surface area contributed by atoms with E-state index < -0.39 is 28.9 Å². The maximum absolute atomic E-state index is 14.2. The third-order valence-corrected chi connectivity index (χ3v) is 9.66. The van der Waals surface area contributed by atoms with Crippen LogP contribution in [0.1, 0.15) is 56.8 Å². The van der Waals surface area contributed by atoms with Gasteiger partial charge in [0.05, 0.1) is 48.4 Å². The third-order valence-electron chi connectivity index (χ3n) is 8.36. The molecule has 11 nitrogen and oxygen atoms in total. The first-order valence-electron chi connectivity index (χ1n) is 14.0. The SMILES string of the molecule is COc1ccccc1[C@H](Cn1c(=O)n(C(C)(C)C(=O)O)c(=O)c2c(C)c(-c3ncco3)sc21)O[C@@H]1C[C@H]2CC[C@@H](C1)O2. The molecule has 2 saturated heterocycles. The van der Waals surface area contributed by atoms with Gasteiger partial charge in [-0.05, 0) is 58.1 Å². The molecule has 0 spiro atoms. The van der Waals surface area contributed by atoms with Crippen LogP contribution in [0.15, 0.2) is 50.7 Å². The number of benzene rings is 1. The number of carboxylic acids is 1. The smallest absolute Gasteiger partial charge is 0.333 e. The van der Waals surface area contributed by atoms with Gasteiger partial charge in [-0.2, -0.15) is 0 Å². The second-order valence-corrected chi connectivity index (χ2v) is 12.4. The van der Waals surface area contributed by atoms with E-state index in [-0.39, 0.29) is 30.2 Å². The van der Waals surface area contributed by atoms with Crippen molar-refractivity contribution in [3.63, 3.8) is 0 Å². The average Bonchev–Trinajstić information content (AvgIpc) is 3.69. The molecule has 0 saturated carbocycles. The first kappa shape index (κ1) is 28.4. The van der Waals surface area contributed by atoms with Crippen molar-refractivity contribution in [3.05, 3.63) is 68.7 Å². The number of aliphatic carboxylic acids is 1. The number of aryl methyl sites for hydroxylation is 1. The van der Waals surface area contributed by atoms with Crippen molar-refractivity contribution in [3.8, 4) is 16.5 Å². The molecule has 6 rings (SSSR count). The number of fused-ring (bicyclic) bond motifs is 3. The number of carboxylic acid groups (broad SMARTS) is 1. The third kappa shape index (κ3) is 4.77. The molecule has 0 radical (unpaired) electrons. The fraction of sp³-hybridized carbons (Fsp3) is 0.467. The minimum absolute atomic E-state index is 0.0172. The standard InChI is InChI=1S/C30H33N3O8S/c1-16-23-26(34)33(30(2,3)28(35)36)29(37)32(27(23)42-24(16)25-31-11-12-39-25)15-22(20-7-5-6-8-21(20)38-4)41-19-13-17-9-10-18(14-19)40-17/h5-8,11-12,17-19,22H,9-10,13-15H2,1-4H3,(H,35,36)/t17-,18+,19-,22-/m0/s1. The molecule has 12 heteroatoms. The molecular weight excluding hydrogens is 562 g/mol. The molecule has 2 aliphatic heterocycles. The van der Waals surface area contributed by atoms with Crippen LogP contribution in [0.2, 0.25) is 0 Å². The monoisotopic (exact) mass is 595 g/mol. The summed E-state index contributed by atoms with van der Waals surface area (Å²) in [5.41, 5.74) is -1.93. The lowest BCUT2D eigenvalue weighted by molar-refractivity contribution is -0.146. The van der Waals surface area contributed by atoms with Crippen LogP contribution >= 0.6 is 11.3 Å². The van der Waals surface area contributed by atoms with Gasteiger partial charge in [-0.15, -0.1) is 11.3 Å². The van der Waals surface area contributed by atoms with E-state index in [1.165, 1.54) is 42.2 Å². The number of oxazole rings is 1. The van der Waals surface area contributed by atoms with Gasteiger partial charge < -0.3 is 23.7 Å². The van der Waals surface area contributed by atoms with Crippen molar-refractivity contribution in [2.24, 2.45) is 0 Å². The molecule has 2 fully saturated rings. The lowest BCUT2D eigenvalue weighted by Crippen LogP contribution is -2.52. The number of carbonyl (C=O) groups is 1. The Morgan fingerprint density at radius 1 is 1.21 bits per heavy atom. The molecule has 0 aliphatic carbocycles. The molecule has 2 bridgehead atoms. The van der Waals surface area contributed by atoms with Gasteiger partial charge in [0.15, 0.2) is 0 Å². The number of hydrogen-bond donors (Lipinski definition) is 1. The lowest BCUT2D eigenvalue weighted by atomic mass is 10.0. The molecule has 0 unspecified atom stereocenters. The van der Waals surface area contributed by atoms with Crippen LogP contribution in [0.3, 0.4) is 0 Å². The highest BCUT2D eigenvalue weighted by molar-refractivity contribution is 7.22. The van der Waals surface area contributed by atoms with Crippen molar-refractivity contribution in [2.45, 2.75) is 83.0 Å². The number of rotatable bonds is 9. The summed E-state index contributed by atoms with van der Waals surface area (Å²) < 4.78 is 26.3. The van der Waals surface area contributed by atoms with E-state index in [1.807, 2.05) is 24.3 Å². The maximum Gasteiger partial charge on any atom is 0.333 e. The minimum atomic E-state index is -1.82. The molecule has 2 aliphatic rings. The average molecular weight is 596 g/mol. The normalized spacial score (nSPS) is 21.1. The van der Waals surface area contributed by atoms with Gasteiger partial charge in [-0.25, -0.2) is 19.1 Å². The molecule has 4 aromatic rings. The summed E-state index contributed by atoms with van der Waals surface area (Å²) >= 11 is 1.21. The maximum atomic E-state index is 14.2. The Bertz CT molecular complexity index is 1740. The summed E-state index contributed by atoms with van der Waals surface area (Å²) in [6.07, 6.45) is 5.95. The van der Waals surface area contributed by atoms with E-state index in [0.717, 1.165) is 35.8 Å². The molecular formula is C30H33N3O8S. The number of para-hydroxylation sites is 1. The quantitative estimate of drug-likeness (QED) is 0.297. The van der Waals surface area contributed by atoms with Crippen molar-refractivity contribution >= 4 is 27.5 Å². The van der Waals surface area contributed by atoms with Crippen LogP contribution in [-0.2, 0) is 26.4 Å². The fourth-order valence-corrected chi connectivity index (χ4v) is 7.34. The number of hydrogen-bond acceptors (Lipinski definition) is 9. The number of aromatic nitrogens is 3. The van der Waals surface area contributed by atoms with Crippen molar-refractivity contribution in [1.82, 2.24) is 14.1 Å². The van der Waals surface area contributed by atoms with E-state index in [1.54, 1.807) is 14.0 Å². The van der Waals surface area contributed by atoms with Crippen molar-refractivity contribution in [2.75, 3.05) is 7.11 Å². The second kappa shape index (κ2) is 10.8. The predicted octanol–water partition coefficient (Wildman–Crippen LogP) is 4.48. The van der Waals surface area contributed by atoms with E-state index >= 15 is 0 Å². The topological polar surface area (TPSA) is 135 Å². The molecule has 222 valence electrons.